The van der Waals surface area contributed by atoms with Crippen molar-refractivity contribution < 1.29 is 0 Å². The van der Waals surface area contributed by atoms with E-state index in [1.165, 1.54) is 25.0 Å². The Morgan fingerprint density at radius 3 is 2.73 bits per heavy atom. The third-order valence-electron chi connectivity index (χ3n) is 5.51. The molecule has 82 valence electrons. The molecule has 4 rings (SSSR count). The van der Waals surface area contributed by atoms with E-state index in [1.807, 2.05) is 6.20 Å². The second-order valence-electron chi connectivity index (χ2n) is 6.04. The van der Waals surface area contributed by atoms with Gasteiger partial charge in [0, 0.05) is 17.3 Å². The molecule has 0 aliphatic heterocycles. The second-order valence-corrected chi connectivity index (χ2v) is 6.04. The van der Waals surface area contributed by atoms with Gasteiger partial charge in [0.25, 0.3) is 0 Å². The van der Waals surface area contributed by atoms with Gasteiger partial charge in [-0.3, -0.25) is 5.10 Å². The van der Waals surface area contributed by atoms with E-state index >= 15 is 0 Å². The van der Waals surface area contributed by atoms with Crippen molar-refractivity contribution in [2.24, 2.45) is 17.3 Å². The first-order valence-corrected chi connectivity index (χ1v) is 6.09. The lowest BCUT2D eigenvalue weighted by Crippen LogP contribution is -2.64. The van der Waals surface area contributed by atoms with Crippen LogP contribution in [0, 0.1) is 17.3 Å². The van der Waals surface area contributed by atoms with Crippen LogP contribution >= 0.6 is 0 Å². The first-order valence-electron chi connectivity index (χ1n) is 6.09. The molecule has 0 saturated heterocycles. The number of aromatic amines is 1. The fraction of sp³-hybridized carbons (Fsp3) is 0.769. The monoisotopic (exact) mass is 204 g/mol. The van der Waals surface area contributed by atoms with Gasteiger partial charge in [-0.25, -0.2) is 0 Å². The molecule has 3 aliphatic rings. The highest BCUT2D eigenvalue weighted by Gasteiger charge is 2.65. The lowest BCUT2D eigenvalue weighted by Gasteiger charge is -2.68. The number of fused-ring (bicyclic) bond motifs is 2. The van der Waals surface area contributed by atoms with E-state index in [0.29, 0.717) is 10.8 Å². The molecule has 2 nitrogen and oxygen atoms in total. The highest BCUT2D eigenvalue weighted by molar-refractivity contribution is 5.30. The summed E-state index contributed by atoms with van der Waals surface area (Å²) in [5.74, 6) is 1.72. The maximum Gasteiger partial charge on any atom is 0.0490 e. The summed E-state index contributed by atoms with van der Waals surface area (Å²) in [4.78, 5) is 0. The molecule has 3 atom stereocenters. The highest BCUT2D eigenvalue weighted by atomic mass is 15.1. The fourth-order valence-electron chi connectivity index (χ4n) is 4.36. The molecular formula is C13H20N2. The Morgan fingerprint density at radius 1 is 1.40 bits per heavy atom. The average Bonchev–Trinajstić information content (AvgIpc) is 2.70. The fourth-order valence-corrected chi connectivity index (χ4v) is 4.36. The van der Waals surface area contributed by atoms with Gasteiger partial charge in [0.2, 0.25) is 0 Å². The predicted octanol–water partition coefficient (Wildman–Crippen LogP) is 3.12. The molecule has 1 aromatic heterocycles. The zero-order valence-corrected chi connectivity index (χ0v) is 9.88. The second kappa shape index (κ2) is 2.66. The van der Waals surface area contributed by atoms with Gasteiger partial charge < -0.3 is 0 Å². The summed E-state index contributed by atoms with van der Waals surface area (Å²) in [7, 11) is 0. The topological polar surface area (TPSA) is 28.7 Å². The van der Waals surface area contributed by atoms with Crippen molar-refractivity contribution in [3.05, 3.63) is 18.0 Å². The Bertz CT molecular complexity index is 366. The molecule has 0 spiro atoms. The van der Waals surface area contributed by atoms with Crippen molar-refractivity contribution >= 4 is 0 Å². The molecule has 0 aromatic carbocycles. The van der Waals surface area contributed by atoms with E-state index in [-0.39, 0.29) is 0 Å². The van der Waals surface area contributed by atoms with Crippen molar-refractivity contribution in [1.29, 1.82) is 0 Å². The molecule has 0 radical (unpaired) electrons. The molecule has 1 aromatic rings. The van der Waals surface area contributed by atoms with Gasteiger partial charge in [0.1, 0.15) is 0 Å². The quantitative estimate of drug-likeness (QED) is 0.748. The van der Waals surface area contributed by atoms with Crippen LogP contribution in [-0.4, -0.2) is 10.2 Å². The standard InChI is InChI=1S/C13H20N2/c1-9-4-5-10-8-13(9,12(10,2)3)11-6-7-14-15-11/h6-7,9-10H,4-5,8H2,1-3H3,(H,14,15). The molecule has 0 amide bonds. The minimum atomic E-state index is 0.381. The van der Waals surface area contributed by atoms with Crippen molar-refractivity contribution in [2.75, 3.05) is 0 Å². The van der Waals surface area contributed by atoms with E-state index in [1.54, 1.807) is 0 Å². The molecule has 1 N–H and O–H groups in total. The first kappa shape index (κ1) is 9.44. The van der Waals surface area contributed by atoms with Gasteiger partial charge in [-0.05, 0) is 42.6 Å². The van der Waals surface area contributed by atoms with Crippen LogP contribution < -0.4 is 0 Å². The van der Waals surface area contributed by atoms with E-state index in [2.05, 4.69) is 37.0 Å². The summed E-state index contributed by atoms with van der Waals surface area (Å²) in [5, 5.41) is 7.36. The van der Waals surface area contributed by atoms with Gasteiger partial charge in [-0.15, -0.1) is 0 Å². The molecule has 3 unspecified atom stereocenters. The van der Waals surface area contributed by atoms with Gasteiger partial charge in [-0.2, -0.15) is 5.10 Å². The number of nitrogens with one attached hydrogen (secondary N) is 1. The lowest BCUT2D eigenvalue weighted by atomic mass is 9.36. The predicted molar refractivity (Wildman–Crippen MR) is 60.6 cm³/mol. The summed E-state index contributed by atoms with van der Waals surface area (Å²) in [6, 6.07) is 2.18. The molecular weight excluding hydrogens is 184 g/mol. The molecule has 1 heterocycles. The Morgan fingerprint density at radius 2 is 2.20 bits per heavy atom. The largest absolute Gasteiger partial charge is 0.282 e. The summed E-state index contributed by atoms with van der Waals surface area (Å²) < 4.78 is 0. The zero-order chi connectivity index (χ0) is 10.7. The van der Waals surface area contributed by atoms with Crippen LogP contribution in [0.5, 0.6) is 0 Å². The zero-order valence-electron chi connectivity index (χ0n) is 9.88. The lowest BCUT2D eigenvalue weighted by molar-refractivity contribution is -0.135. The van der Waals surface area contributed by atoms with Gasteiger partial charge in [-0.1, -0.05) is 20.8 Å². The van der Waals surface area contributed by atoms with Gasteiger partial charge >= 0.3 is 0 Å². The number of hydrogen-bond acceptors (Lipinski definition) is 1. The van der Waals surface area contributed by atoms with E-state index in [9.17, 15) is 0 Å². The Labute approximate surface area is 91.5 Å². The van der Waals surface area contributed by atoms with E-state index in [4.69, 9.17) is 0 Å². The smallest absolute Gasteiger partial charge is 0.0490 e. The average molecular weight is 204 g/mol. The normalized spacial score (nSPS) is 42.3. The molecule has 3 fully saturated rings. The van der Waals surface area contributed by atoms with E-state index in [0.717, 1.165) is 11.8 Å². The van der Waals surface area contributed by atoms with Crippen LogP contribution in [0.25, 0.3) is 0 Å². The third-order valence-corrected chi connectivity index (χ3v) is 5.51. The van der Waals surface area contributed by atoms with Crippen LogP contribution in [0.4, 0.5) is 0 Å². The number of hydrogen-bond donors (Lipinski definition) is 1. The SMILES string of the molecule is CC1CCC2CC1(c1ccn[nH]1)C2(C)C. The van der Waals surface area contributed by atoms with Crippen LogP contribution in [-0.2, 0) is 5.41 Å². The first-order chi connectivity index (χ1) is 7.09. The minimum absolute atomic E-state index is 0.381. The maximum atomic E-state index is 4.14. The van der Waals surface area contributed by atoms with Crippen LogP contribution in [0.2, 0.25) is 0 Å². The van der Waals surface area contributed by atoms with Crippen LogP contribution in [0.15, 0.2) is 12.3 Å². The van der Waals surface area contributed by atoms with Crippen LogP contribution in [0.1, 0.15) is 45.7 Å². The number of H-pyrrole nitrogens is 1. The summed E-state index contributed by atoms with van der Waals surface area (Å²) >= 11 is 0. The van der Waals surface area contributed by atoms with Gasteiger partial charge in [0.15, 0.2) is 0 Å². The molecule has 2 heteroatoms. The summed E-state index contributed by atoms with van der Waals surface area (Å²) in [6.45, 7) is 7.30. The highest BCUT2D eigenvalue weighted by Crippen LogP contribution is 2.69. The minimum Gasteiger partial charge on any atom is -0.282 e. The molecule has 3 aliphatic carbocycles. The van der Waals surface area contributed by atoms with Crippen molar-refractivity contribution in [2.45, 2.75) is 45.4 Å². The maximum absolute atomic E-state index is 4.14. The van der Waals surface area contributed by atoms with Gasteiger partial charge in [0.05, 0.1) is 0 Å². The number of nitrogens with zero attached hydrogens (tertiary/aromatic N) is 1. The van der Waals surface area contributed by atoms with Crippen LogP contribution in [0.3, 0.4) is 0 Å². The third kappa shape index (κ3) is 0.889. The number of rotatable bonds is 1. The number of aromatic nitrogens is 2. The molecule has 15 heavy (non-hydrogen) atoms. The van der Waals surface area contributed by atoms with Crippen molar-refractivity contribution in [1.82, 2.24) is 10.2 Å². The Balaban J connectivity index is 2.09. The van der Waals surface area contributed by atoms with Crippen molar-refractivity contribution in [3.63, 3.8) is 0 Å². The van der Waals surface area contributed by atoms with Crippen molar-refractivity contribution in [3.8, 4) is 0 Å². The summed E-state index contributed by atoms with van der Waals surface area (Å²) in [6.07, 6.45) is 6.06. The Kier molecular flexibility index (Phi) is 1.67. The Hall–Kier alpha value is -0.790. The molecule has 2 bridgehead atoms. The summed E-state index contributed by atoms with van der Waals surface area (Å²) in [5.41, 5.74) is 2.21. The molecule has 3 saturated carbocycles. The van der Waals surface area contributed by atoms with E-state index < -0.39 is 0 Å².